The van der Waals surface area contributed by atoms with Crippen LogP contribution in [0.3, 0.4) is 0 Å². The van der Waals surface area contributed by atoms with Crippen molar-refractivity contribution < 1.29 is 14.7 Å². The van der Waals surface area contributed by atoms with E-state index in [0.717, 1.165) is 5.69 Å². The minimum atomic E-state index is -1.05. The Morgan fingerprint density at radius 1 is 1.10 bits per heavy atom. The number of rotatable bonds is 5. The third-order valence-electron chi connectivity index (χ3n) is 3.52. The van der Waals surface area contributed by atoms with Gasteiger partial charge < -0.3 is 15.7 Å². The van der Waals surface area contributed by atoms with Gasteiger partial charge in [-0.25, -0.2) is 0 Å². The van der Waals surface area contributed by atoms with Crippen LogP contribution in [0.1, 0.15) is 42.5 Å². The fourth-order valence-electron chi connectivity index (χ4n) is 2.46. The lowest BCUT2D eigenvalue weighted by atomic mass is 9.95. The Kier molecular flexibility index (Phi) is 4.98. The largest absolute Gasteiger partial charge is 0.480 e. The smallest absolute Gasteiger partial charge is 0.322 e. The van der Waals surface area contributed by atoms with E-state index >= 15 is 0 Å². The Hall–Kier alpha value is -2.04. The molecule has 0 aliphatic heterocycles. The van der Waals surface area contributed by atoms with Crippen LogP contribution < -0.4 is 10.6 Å². The fraction of sp³-hybridized carbons (Fsp3) is 0.467. The minimum Gasteiger partial charge on any atom is -0.480 e. The number of carbonyl (C=O) groups excluding carboxylic acids is 1. The van der Waals surface area contributed by atoms with Gasteiger partial charge in [0.05, 0.1) is 0 Å². The molecule has 0 radical (unpaired) electrons. The van der Waals surface area contributed by atoms with Crippen molar-refractivity contribution in [1.29, 1.82) is 0 Å². The standard InChI is InChI=1S/C15H20N2O3/c18-14(19)10-16-15(20)11-6-8-13(9-7-11)17-12-4-2-1-3-5-12/h6-9,12,17H,1-5,10H2,(H,16,20)(H,18,19). The third-order valence-corrected chi connectivity index (χ3v) is 3.52. The van der Waals surface area contributed by atoms with E-state index < -0.39 is 5.97 Å². The van der Waals surface area contributed by atoms with Crippen molar-refractivity contribution in [3.05, 3.63) is 29.8 Å². The summed E-state index contributed by atoms with van der Waals surface area (Å²) in [7, 11) is 0. The Labute approximate surface area is 118 Å². The van der Waals surface area contributed by atoms with Crippen LogP contribution in [0.2, 0.25) is 0 Å². The first kappa shape index (κ1) is 14.4. The Balaban J connectivity index is 1.88. The van der Waals surface area contributed by atoms with E-state index in [-0.39, 0.29) is 12.5 Å². The van der Waals surface area contributed by atoms with E-state index in [1.54, 1.807) is 12.1 Å². The second-order valence-corrected chi connectivity index (χ2v) is 5.13. The molecular weight excluding hydrogens is 256 g/mol. The number of carboxylic acid groups (broad SMARTS) is 1. The van der Waals surface area contributed by atoms with Crippen LogP contribution in [0.25, 0.3) is 0 Å². The lowest BCUT2D eigenvalue weighted by molar-refractivity contribution is -0.135. The molecule has 0 aromatic heterocycles. The number of anilines is 1. The maximum Gasteiger partial charge on any atom is 0.322 e. The zero-order valence-corrected chi connectivity index (χ0v) is 11.4. The van der Waals surface area contributed by atoms with Crippen molar-refractivity contribution in [2.24, 2.45) is 0 Å². The Bertz CT molecular complexity index is 465. The first-order valence-corrected chi connectivity index (χ1v) is 7.02. The molecular formula is C15H20N2O3. The van der Waals surface area contributed by atoms with E-state index in [1.165, 1.54) is 32.1 Å². The summed E-state index contributed by atoms with van der Waals surface area (Å²) in [5.74, 6) is -1.41. The van der Waals surface area contributed by atoms with Crippen molar-refractivity contribution in [3.63, 3.8) is 0 Å². The summed E-state index contributed by atoms with van der Waals surface area (Å²) < 4.78 is 0. The van der Waals surface area contributed by atoms with Gasteiger partial charge in [-0.1, -0.05) is 19.3 Å². The number of carbonyl (C=O) groups is 2. The molecule has 5 heteroatoms. The highest BCUT2D eigenvalue weighted by molar-refractivity contribution is 5.96. The molecule has 1 aliphatic rings. The summed E-state index contributed by atoms with van der Waals surface area (Å²) in [5, 5.41) is 14.3. The molecule has 1 aliphatic carbocycles. The van der Waals surface area contributed by atoms with E-state index in [4.69, 9.17) is 5.11 Å². The Morgan fingerprint density at radius 3 is 2.35 bits per heavy atom. The summed E-state index contributed by atoms with van der Waals surface area (Å²) in [6, 6.07) is 7.68. The quantitative estimate of drug-likeness (QED) is 0.770. The highest BCUT2D eigenvalue weighted by Gasteiger charge is 2.13. The maximum absolute atomic E-state index is 11.7. The van der Waals surface area contributed by atoms with E-state index in [1.807, 2.05) is 12.1 Å². The summed E-state index contributed by atoms with van der Waals surface area (Å²) in [5.41, 5.74) is 1.48. The second-order valence-electron chi connectivity index (χ2n) is 5.13. The number of hydrogen-bond acceptors (Lipinski definition) is 3. The van der Waals surface area contributed by atoms with Crippen molar-refractivity contribution in [2.75, 3.05) is 11.9 Å². The van der Waals surface area contributed by atoms with Gasteiger partial charge in [-0.05, 0) is 37.1 Å². The predicted octanol–water partition coefficient (Wildman–Crippen LogP) is 2.25. The predicted molar refractivity (Wildman–Crippen MR) is 76.9 cm³/mol. The van der Waals surface area contributed by atoms with E-state index in [2.05, 4.69) is 10.6 Å². The highest BCUT2D eigenvalue weighted by atomic mass is 16.4. The van der Waals surface area contributed by atoms with Gasteiger partial charge in [-0.2, -0.15) is 0 Å². The molecule has 20 heavy (non-hydrogen) atoms. The molecule has 0 spiro atoms. The van der Waals surface area contributed by atoms with Crippen LogP contribution in [0, 0.1) is 0 Å². The molecule has 1 saturated carbocycles. The van der Waals surface area contributed by atoms with Crippen molar-refractivity contribution in [2.45, 2.75) is 38.1 Å². The van der Waals surface area contributed by atoms with E-state index in [9.17, 15) is 9.59 Å². The van der Waals surface area contributed by atoms with E-state index in [0.29, 0.717) is 11.6 Å². The third kappa shape index (κ3) is 4.26. The molecule has 5 nitrogen and oxygen atoms in total. The van der Waals surface area contributed by atoms with Gasteiger partial charge in [0, 0.05) is 17.3 Å². The highest BCUT2D eigenvalue weighted by Crippen LogP contribution is 2.21. The number of benzene rings is 1. The number of nitrogens with one attached hydrogen (secondary N) is 2. The average molecular weight is 276 g/mol. The van der Waals surface area contributed by atoms with Crippen LogP contribution in [0.15, 0.2) is 24.3 Å². The molecule has 0 saturated heterocycles. The van der Waals surface area contributed by atoms with Crippen LogP contribution >= 0.6 is 0 Å². The van der Waals surface area contributed by atoms with Gasteiger partial charge in [0.25, 0.3) is 5.91 Å². The number of carboxylic acids is 1. The van der Waals surface area contributed by atoms with Gasteiger partial charge in [0.2, 0.25) is 0 Å². The molecule has 0 atom stereocenters. The summed E-state index contributed by atoms with van der Waals surface area (Å²) >= 11 is 0. The first-order chi connectivity index (χ1) is 9.65. The molecule has 1 amide bonds. The molecule has 2 rings (SSSR count). The second kappa shape index (κ2) is 6.93. The van der Waals surface area contributed by atoms with Crippen LogP contribution in [-0.2, 0) is 4.79 Å². The van der Waals surface area contributed by atoms with Crippen molar-refractivity contribution in [3.8, 4) is 0 Å². The average Bonchev–Trinajstić information content (AvgIpc) is 2.46. The lowest BCUT2D eigenvalue weighted by Crippen LogP contribution is -2.29. The molecule has 1 fully saturated rings. The van der Waals surface area contributed by atoms with Crippen molar-refractivity contribution in [1.82, 2.24) is 5.32 Å². The SMILES string of the molecule is O=C(O)CNC(=O)c1ccc(NC2CCCCC2)cc1. The zero-order valence-electron chi connectivity index (χ0n) is 11.4. The number of amides is 1. The zero-order chi connectivity index (χ0) is 14.4. The minimum absolute atomic E-state index is 0.360. The lowest BCUT2D eigenvalue weighted by Gasteiger charge is -2.23. The molecule has 0 heterocycles. The topological polar surface area (TPSA) is 78.4 Å². The molecule has 1 aromatic carbocycles. The fourth-order valence-corrected chi connectivity index (χ4v) is 2.46. The summed E-state index contributed by atoms with van der Waals surface area (Å²) in [6.07, 6.45) is 6.25. The monoisotopic (exact) mass is 276 g/mol. The van der Waals surface area contributed by atoms with Gasteiger partial charge >= 0.3 is 5.97 Å². The molecule has 3 N–H and O–H groups in total. The van der Waals surface area contributed by atoms with Gasteiger partial charge in [0.15, 0.2) is 0 Å². The molecule has 0 unspecified atom stereocenters. The van der Waals surface area contributed by atoms with Crippen LogP contribution in [0.4, 0.5) is 5.69 Å². The van der Waals surface area contributed by atoms with Gasteiger partial charge in [-0.15, -0.1) is 0 Å². The van der Waals surface area contributed by atoms with Crippen LogP contribution in [-0.4, -0.2) is 29.6 Å². The molecule has 0 bridgehead atoms. The van der Waals surface area contributed by atoms with Crippen molar-refractivity contribution >= 4 is 17.6 Å². The van der Waals surface area contributed by atoms with Gasteiger partial charge in [-0.3, -0.25) is 9.59 Å². The summed E-state index contributed by atoms with van der Waals surface area (Å²) in [4.78, 5) is 22.0. The molecule has 108 valence electrons. The summed E-state index contributed by atoms with van der Waals surface area (Å²) in [6.45, 7) is -0.360. The van der Waals surface area contributed by atoms with Gasteiger partial charge in [0.1, 0.15) is 6.54 Å². The number of aliphatic carboxylic acids is 1. The number of hydrogen-bond donors (Lipinski definition) is 3. The first-order valence-electron chi connectivity index (χ1n) is 7.02. The maximum atomic E-state index is 11.7. The Morgan fingerprint density at radius 2 is 1.75 bits per heavy atom. The normalized spacial score (nSPS) is 15.6. The van der Waals surface area contributed by atoms with Crippen LogP contribution in [0.5, 0.6) is 0 Å². The molecule has 1 aromatic rings.